The molecule has 0 amide bonds. The first-order valence-corrected chi connectivity index (χ1v) is 3.43. The molecule has 0 aromatic carbocycles. The number of hydrogen-bond donors (Lipinski definition) is 2. The van der Waals surface area contributed by atoms with E-state index in [4.69, 9.17) is 15.3 Å². The van der Waals surface area contributed by atoms with E-state index in [0.29, 0.717) is 13.2 Å². The van der Waals surface area contributed by atoms with Crippen LogP contribution in [0.4, 0.5) is 0 Å². The molecule has 0 bridgehead atoms. The molecule has 0 aliphatic carbocycles. The van der Waals surface area contributed by atoms with Gasteiger partial charge in [0.25, 0.3) is 0 Å². The molecule has 1 aliphatic heterocycles. The van der Waals surface area contributed by atoms with Crippen molar-refractivity contribution in [2.75, 3.05) is 13.2 Å². The van der Waals surface area contributed by atoms with Crippen molar-refractivity contribution in [3.63, 3.8) is 0 Å². The Morgan fingerprint density at radius 2 is 2.00 bits per heavy atom. The standard InChI is InChI=1S/C6H14N2O2/c1-5(8-7)6(2)9-3-4-10-6/h5,8H,3-4,7H2,1-2H3. The Balaban J connectivity index is 2.49. The van der Waals surface area contributed by atoms with Crippen molar-refractivity contribution < 1.29 is 9.47 Å². The van der Waals surface area contributed by atoms with E-state index in [-0.39, 0.29) is 6.04 Å². The van der Waals surface area contributed by atoms with Gasteiger partial charge in [-0.25, -0.2) is 0 Å². The molecule has 0 aromatic heterocycles. The van der Waals surface area contributed by atoms with Gasteiger partial charge in [0.1, 0.15) is 0 Å². The number of nitrogens with one attached hydrogen (secondary N) is 1. The van der Waals surface area contributed by atoms with Gasteiger partial charge in [0.2, 0.25) is 0 Å². The minimum atomic E-state index is -0.533. The van der Waals surface area contributed by atoms with Gasteiger partial charge in [0.05, 0.1) is 19.3 Å². The molecule has 0 saturated carbocycles. The van der Waals surface area contributed by atoms with Crippen LogP contribution in [0, 0.1) is 0 Å². The molecule has 10 heavy (non-hydrogen) atoms. The van der Waals surface area contributed by atoms with Crippen molar-refractivity contribution in [1.82, 2.24) is 5.43 Å². The van der Waals surface area contributed by atoms with Gasteiger partial charge in [-0.2, -0.15) is 0 Å². The molecule has 1 rings (SSSR count). The van der Waals surface area contributed by atoms with E-state index >= 15 is 0 Å². The number of rotatable bonds is 2. The van der Waals surface area contributed by atoms with Gasteiger partial charge in [-0.15, -0.1) is 0 Å². The molecule has 60 valence electrons. The topological polar surface area (TPSA) is 56.5 Å². The molecule has 1 atom stereocenters. The average Bonchev–Trinajstić information content (AvgIpc) is 2.36. The highest BCUT2D eigenvalue weighted by atomic mass is 16.7. The van der Waals surface area contributed by atoms with Crippen LogP contribution in [0.1, 0.15) is 13.8 Å². The van der Waals surface area contributed by atoms with E-state index in [9.17, 15) is 0 Å². The van der Waals surface area contributed by atoms with Crippen molar-refractivity contribution >= 4 is 0 Å². The molecule has 4 heteroatoms. The zero-order valence-corrected chi connectivity index (χ0v) is 6.39. The van der Waals surface area contributed by atoms with Gasteiger partial charge in [-0.3, -0.25) is 11.3 Å². The Bertz CT molecular complexity index is 112. The lowest BCUT2D eigenvalue weighted by Gasteiger charge is -2.28. The number of nitrogens with two attached hydrogens (primary N) is 1. The van der Waals surface area contributed by atoms with Crippen LogP contribution >= 0.6 is 0 Å². The Labute approximate surface area is 60.6 Å². The fourth-order valence-electron chi connectivity index (χ4n) is 0.932. The summed E-state index contributed by atoms with van der Waals surface area (Å²) < 4.78 is 10.7. The van der Waals surface area contributed by atoms with Gasteiger partial charge in [0, 0.05) is 0 Å². The summed E-state index contributed by atoms with van der Waals surface area (Å²) in [6.45, 7) is 5.11. The quantitative estimate of drug-likeness (QED) is 0.411. The minimum absolute atomic E-state index is 0.0231. The third-order valence-electron chi connectivity index (χ3n) is 1.90. The number of ether oxygens (including phenoxy) is 2. The lowest BCUT2D eigenvalue weighted by atomic mass is 10.2. The molecule has 1 fully saturated rings. The van der Waals surface area contributed by atoms with Crippen LogP contribution in [-0.2, 0) is 9.47 Å². The Hall–Kier alpha value is -0.160. The lowest BCUT2D eigenvalue weighted by molar-refractivity contribution is -0.161. The Kier molecular flexibility index (Phi) is 2.25. The van der Waals surface area contributed by atoms with Crippen molar-refractivity contribution in [1.29, 1.82) is 0 Å². The maximum atomic E-state index is 5.33. The second kappa shape index (κ2) is 2.84. The summed E-state index contributed by atoms with van der Waals surface area (Å²) in [6, 6.07) is 0.0231. The number of hydrogen-bond acceptors (Lipinski definition) is 4. The van der Waals surface area contributed by atoms with Crippen molar-refractivity contribution in [2.24, 2.45) is 5.84 Å². The second-order valence-corrected chi connectivity index (χ2v) is 2.60. The molecule has 1 unspecified atom stereocenters. The van der Waals surface area contributed by atoms with Gasteiger partial charge in [-0.1, -0.05) is 0 Å². The fourth-order valence-corrected chi connectivity index (χ4v) is 0.932. The first-order valence-electron chi connectivity index (χ1n) is 3.43. The summed E-state index contributed by atoms with van der Waals surface area (Å²) >= 11 is 0. The summed E-state index contributed by atoms with van der Waals surface area (Å²) in [5, 5.41) is 0. The molecule has 1 saturated heterocycles. The predicted molar refractivity (Wildman–Crippen MR) is 37.1 cm³/mol. The van der Waals surface area contributed by atoms with Gasteiger partial charge in [-0.05, 0) is 13.8 Å². The van der Waals surface area contributed by atoms with Crippen LogP contribution in [0.3, 0.4) is 0 Å². The third-order valence-corrected chi connectivity index (χ3v) is 1.90. The van der Waals surface area contributed by atoms with Crippen LogP contribution in [0.2, 0.25) is 0 Å². The van der Waals surface area contributed by atoms with E-state index < -0.39 is 5.79 Å². The van der Waals surface area contributed by atoms with E-state index in [0.717, 1.165) is 0 Å². The van der Waals surface area contributed by atoms with Gasteiger partial charge in [0.15, 0.2) is 5.79 Å². The average molecular weight is 146 g/mol. The SMILES string of the molecule is CC(NN)C1(C)OCCO1. The zero-order valence-electron chi connectivity index (χ0n) is 6.39. The summed E-state index contributed by atoms with van der Waals surface area (Å²) in [6.07, 6.45) is 0. The predicted octanol–water partition coefficient (Wildman–Crippen LogP) is -0.399. The highest BCUT2D eigenvalue weighted by Crippen LogP contribution is 2.21. The molecule has 1 heterocycles. The Morgan fingerprint density at radius 3 is 2.40 bits per heavy atom. The highest BCUT2D eigenvalue weighted by molar-refractivity contribution is 4.78. The number of hydrazine groups is 1. The fraction of sp³-hybridized carbons (Fsp3) is 1.00. The maximum absolute atomic E-state index is 5.33. The lowest BCUT2D eigenvalue weighted by Crippen LogP contribution is -2.50. The maximum Gasteiger partial charge on any atom is 0.182 e. The molecule has 0 spiro atoms. The van der Waals surface area contributed by atoms with E-state index in [1.807, 2.05) is 13.8 Å². The summed E-state index contributed by atoms with van der Waals surface area (Å²) in [7, 11) is 0. The van der Waals surface area contributed by atoms with Crippen molar-refractivity contribution in [2.45, 2.75) is 25.7 Å². The molecule has 0 aromatic rings. The zero-order chi connectivity index (χ0) is 7.61. The largest absolute Gasteiger partial charge is 0.346 e. The smallest absolute Gasteiger partial charge is 0.182 e. The van der Waals surface area contributed by atoms with Gasteiger partial charge < -0.3 is 9.47 Å². The minimum Gasteiger partial charge on any atom is -0.346 e. The van der Waals surface area contributed by atoms with E-state index in [2.05, 4.69) is 5.43 Å². The molecule has 3 N–H and O–H groups in total. The third kappa shape index (κ3) is 1.29. The molecular weight excluding hydrogens is 132 g/mol. The van der Waals surface area contributed by atoms with Crippen molar-refractivity contribution in [3.05, 3.63) is 0 Å². The molecule has 1 aliphatic rings. The van der Waals surface area contributed by atoms with Crippen molar-refractivity contribution in [3.8, 4) is 0 Å². The molecular formula is C6H14N2O2. The molecule has 0 radical (unpaired) electrons. The van der Waals surface area contributed by atoms with Crippen LogP contribution in [0.5, 0.6) is 0 Å². The monoisotopic (exact) mass is 146 g/mol. The van der Waals surface area contributed by atoms with Crippen LogP contribution < -0.4 is 11.3 Å². The van der Waals surface area contributed by atoms with Crippen LogP contribution in [0.15, 0.2) is 0 Å². The van der Waals surface area contributed by atoms with Crippen LogP contribution in [0.25, 0.3) is 0 Å². The normalized spacial score (nSPS) is 26.7. The summed E-state index contributed by atoms with van der Waals surface area (Å²) in [5.74, 6) is 4.69. The first kappa shape index (κ1) is 7.94. The summed E-state index contributed by atoms with van der Waals surface area (Å²) in [4.78, 5) is 0. The highest BCUT2D eigenvalue weighted by Gasteiger charge is 2.36. The second-order valence-electron chi connectivity index (χ2n) is 2.60. The van der Waals surface area contributed by atoms with Gasteiger partial charge >= 0.3 is 0 Å². The Morgan fingerprint density at radius 1 is 1.50 bits per heavy atom. The first-order chi connectivity index (χ1) is 4.69. The van der Waals surface area contributed by atoms with E-state index in [1.165, 1.54) is 0 Å². The molecule has 4 nitrogen and oxygen atoms in total. The summed E-state index contributed by atoms with van der Waals surface area (Å²) in [5.41, 5.74) is 2.60. The van der Waals surface area contributed by atoms with Crippen LogP contribution in [-0.4, -0.2) is 25.0 Å². The van der Waals surface area contributed by atoms with E-state index in [1.54, 1.807) is 0 Å².